The maximum Gasteiger partial charge on any atom is 0.227 e. The monoisotopic (exact) mass is 357 g/mol. The third-order valence-corrected chi connectivity index (χ3v) is 6.53. The predicted molar refractivity (Wildman–Crippen MR) is 96.8 cm³/mol. The molecule has 5 rings (SSSR count). The maximum absolute atomic E-state index is 11.9. The van der Waals surface area contributed by atoms with Crippen LogP contribution < -0.4 is 4.90 Å². The van der Waals surface area contributed by atoms with Crippen LogP contribution in [-0.4, -0.2) is 45.2 Å². The van der Waals surface area contributed by atoms with Crippen LogP contribution in [0.1, 0.15) is 54.8 Å². The second-order valence-electron chi connectivity index (χ2n) is 7.46. The van der Waals surface area contributed by atoms with Gasteiger partial charge in [-0.05, 0) is 25.7 Å². The molecule has 1 amide bonds. The normalized spacial score (nSPS) is 24.6. The fourth-order valence-corrected chi connectivity index (χ4v) is 4.88. The Morgan fingerprint density at radius 3 is 2.96 bits per heavy atom. The summed E-state index contributed by atoms with van der Waals surface area (Å²) in [6.07, 6.45) is 9.25. The number of amides is 1. The van der Waals surface area contributed by atoms with Gasteiger partial charge in [-0.3, -0.25) is 14.4 Å². The van der Waals surface area contributed by atoms with Gasteiger partial charge in [0, 0.05) is 50.1 Å². The topological polar surface area (TPSA) is 54.3 Å². The molecule has 2 aromatic heterocycles. The summed E-state index contributed by atoms with van der Waals surface area (Å²) in [6.45, 7) is 3.86. The third-order valence-electron chi connectivity index (χ3n) is 5.48. The molecule has 0 bridgehead atoms. The molecule has 2 aromatic rings. The van der Waals surface area contributed by atoms with Crippen molar-refractivity contribution in [1.29, 1.82) is 0 Å². The van der Waals surface area contributed by atoms with Crippen LogP contribution in [0.4, 0.5) is 5.69 Å². The largest absolute Gasteiger partial charge is 0.309 e. The highest BCUT2D eigenvalue weighted by molar-refractivity contribution is 7.09. The molecule has 6 nitrogen and oxygen atoms in total. The minimum absolute atomic E-state index is 0.225. The van der Waals surface area contributed by atoms with Crippen LogP contribution in [0, 0.1) is 0 Å². The maximum atomic E-state index is 11.9. The average molecular weight is 357 g/mol. The number of likely N-dealkylation sites (tertiary alicyclic amines) is 1. The van der Waals surface area contributed by atoms with Crippen LogP contribution in [0.2, 0.25) is 0 Å². The molecule has 0 radical (unpaired) electrons. The summed E-state index contributed by atoms with van der Waals surface area (Å²) in [7, 11) is 0. The molecule has 0 spiro atoms. The lowest BCUT2D eigenvalue weighted by Crippen LogP contribution is -2.23. The van der Waals surface area contributed by atoms with E-state index in [2.05, 4.69) is 20.1 Å². The van der Waals surface area contributed by atoms with E-state index in [-0.39, 0.29) is 5.91 Å². The summed E-state index contributed by atoms with van der Waals surface area (Å²) in [5, 5.41) is 8.10. The van der Waals surface area contributed by atoms with Crippen LogP contribution >= 0.6 is 11.3 Å². The molecule has 7 heteroatoms. The number of thiazole rings is 1. The van der Waals surface area contributed by atoms with Crippen molar-refractivity contribution < 1.29 is 4.79 Å². The van der Waals surface area contributed by atoms with E-state index in [0.29, 0.717) is 12.5 Å². The molecule has 0 aromatic carbocycles. The molecule has 25 heavy (non-hydrogen) atoms. The Morgan fingerprint density at radius 1 is 1.24 bits per heavy atom. The van der Waals surface area contributed by atoms with Gasteiger partial charge in [-0.25, -0.2) is 4.98 Å². The first-order valence-electron chi connectivity index (χ1n) is 9.27. The number of anilines is 1. The van der Waals surface area contributed by atoms with Gasteiger partial charge in [-0.1, -0.05) is 0 Å². The Labute approximate surface area is 151 Å². The summed E-state index contributed by atoms with van der Waals surface area (Å²) < 4.78 is 2.05. The number of hydrogen-bond donors (Lipinski definition) is 0. The van der Waals surface area contributed by atoms with Crippen LogP contribution in [-0.2, 0) is 11.3 Å². The molecule has 1 atom stereocenters. The standard InChI is InChI=1S/C18H23N5OS/c24-17-2-1-6-22(17)16-8-19-23(11-16)15-5-7-21(10-15)9-14-12-25-18(20-14)13-3-4-13/h8,11-13,15H,1-7,9-10H2. The second kappa shape index (κ2) is 6.21. The number of nitrogens with zero attached hydrogens (tertiary/aromatic N) is 5. The van der Waals surface area contributed by atoms with Crippen LogP contribution in [0.5, 0.6) is 0 Å². The van der Waals surface area contributed by atoms with Crippen LogP contribution in [0.3, 0.4) is 0 Å². The number of carbonyl (C=O) groups excluding carboxylic acids is 1. The van der Waals surface area contributed by atoms with Gasteiger partial charge >= 0.3 is 0 Å². The van der Waals surface area contributed by atoms with E-state index in [1.54, 1.807) is 0 Å². The molecular weight excluding hydrogens is 334 g/mol. The second-order valence-corrected chi connectivity index (χ2v) is 8.35. The quantitative estimate of drug-likeness (QED) is 0.826. The van der Waals surface area contributed by atoms with Crippen LogP contribution in [0.25, 0.3) is 0 Å². The Hall–Kier alpha value is -1.73. The van der Waals surface area contributed by atoms with E-state index in [9.17, 15) is 4.79 Å². The minimum atomic E-state index is 0.225. The molecule has 2 saturated heterocycles. The first-order chi connectivity index (χ1) is 12.3. The lowest BCUT2D eigenvalue weighted by Gasteiger charge is -2.15. The highest BCUT2D eigenvalue weighted by Gasteiger charge is 2.29. The number of hydrogen-bond acceptors (Lipinski definition) is 5. The smallest absolute Gasteiger partial charge is 0.227 e. The van der Waals surface area contributed by atoms with Crippen molar-refractivity contribution in [3.63, 3.8) is 0 Å². The number of carbonyl (C=O) groups is 1. The van der Waals surface area contributed by atoms with Gasteiger partial charge in [0.15, 0.2) is 0 Å². The zero-order valence-electron chi connectivity index (χ0n) is 14.3. The van der Waals surface area contributed by atoms with Gasteiger partial charge in [0.25, 0.3) is 0 Å². The van der Waals surface area contributed by atoms with E-state index >= 15 is 0 Å². The molecule has 1 aliphatic carbocycles. The highest BCUT2D eigenvalue weighted by Crippen LogP contribution is 2.41. The first-order valence-corrected chi connectivity index (χ1v) is 10.2. The van der Waals surface area contributed by atoms with Crippen LogP contribution in [0.15, 0.2) is 17.8 Å². The van der Waals surface area contributed by atoms with Crippen molar-refractivity contribution in [2.45, 2.75) is 50.6 Å². The van der Waals surface area contributed by atoms with Gasteiger partial charge < -0.3 is 4.90 Å². The van der Waals surface area contributed by atoms with Crippen molar-refractivity contribution in [2.75, 3.05) is 24.5 Å². The summed E-state index contributed by atoms with van der Waals surface area (Å²) >= 11 is 1.83. The molecule has 3 aliphatic rings. The molecule has 0 N–H and O–H groups in total. The summed E-state index contributed by atoms with van der Waals surface area (Å²) in [4.78, 5) is 21.0. The molecule has 132 valence electrons. The Balaban J connectivity index is 1.21. The van der Waals surface area contributed by atoms with Crippen molar-refractivity contribution in [3.05, 3.63) is 28.5 Å². The average Bonchev–Trinajstić information content (AvgIpc) is 3.07. The van der Waals surface area contributed by atoms with E-state index in [4.69, 9.17) is 4.98 Å². The molecular formula is C18H23N5OS. The first kappa shape index (κ1) is 15.5. The van der Waals surface area contributed by atoms with Gasteiger partial charge in [0.2, 0.25) is 5.91 Å². The summed E-state index contributed by atoms with van der Waals surface area (Å²) in [6, 6.07) is 0.396. The zero-order chi connectivity index (χ0) is 16.8. The van der Waals surface area contributed by atoms with Crippen molar-refractivity contribution in [2.24, 2.45) is 0 Å². The SMILES string of the molecule is O=C1CCCN1c1cnn(C2CCN(Cc3csc(C4CC4)n3)C2)c1. The summed E-state index contributed by atoms with van der Waals surface area (Å²) in [5.74, 6) is 0.975. The molecule has 1 saturated carbocycles. The number of rotatable bonds is 5. The Morgan fingerprint density at radius 2 is 2.16 bits per heavy atom. The van der Waals surface area contributed by atoms with Crippen molar-refractivity contribution in [1.82, 2.24) is 19.7 Å². The fourth-order valence-electron chi connectivity index (χ4n) is 3.90. The lowest BCUT2D eigenvalue weighted by atomic mass is 10.3. The Bertz CT molecular complexity index is 780. The fraction of sp³-hybridized carbons (Fsp3) is 0.611. The Kier molecular flexibility index (Phi) is 3.86. The zero-order valence-corrected chi connectivity index (χ0v) is 15.1. The van der Waals surface area contributed by atoms with Crippen molar-refractivity contribution in [3.8, 4) is 0 Å². The summed E-state index contributed by atoms with van der Waals surface area (Å²) in [5.41, 5.74) is 2.17. The van der Waals surface area contributed by atoms with E-state index in [1.165, 1.54) is 23.5 Å². The number of aromatic nitrogens is 3. The van der Waals surface area contributed by atoms with Crippen molar-refractivity contribution >= 4 is 22.9 Å². The van der Waals surface area contributed by atoms with Gasteiger partial charge in [-0.15, -0.1) is 11.3 Å². The van der Waals surface area contributed by atoms with Gasteiger partial charge in [-0.2, -0.15) is 5.10 Å². The van der Waals surface area contributed by atoms with Gasteiger partial charge in [0.1, 0.15) is 0 Å². The predicted octanol–water partition coefficient (Wildman–Crippen LogP) is 2.79. The molecule has 1 unspecified atom stereocenters. The van der Waals surface area contributed by atoms with E-state index < -0.39 is 0 Å². The molecule has 4 heterocycles. The van der Waals surface area contributed by atoms with E-state index in [0.717, 1.165) is 50.6 Å². The lowest BCUT2D eigenvalue weighted by molar-refractivity contribution is -0.117. The van der Waals surface area contributed by atoms with Gasteiger partial charge in [0.05, 0.1) is 28.6 Å². The molecule has 2 aliphatic heterocycles. The third kappa shape index (κ3) is 3.11. The highest BCUT2D eigenvalue weighted by atomic mass is 32.1. The van der Waals surface area contributed by atoms with E-state index in [1.807, 2.05) is 28.6 Å². The minimum Gasteiger partial charge on any atom is -0.309 e. The molecule has 3 fully saturated rings.